The average Bonchev–Trinajstić information content (AvgIpc) is 2.89. The Bertz CT molecular complexity index is 1460. The zero-order valence-electron chi connectivity index (χ0n) is 21.0. The summed E-state index contributed by atoms with van der Waals surface area (Å²) in [6.45, 7) is 7.59. The van der Waals surface area contributed by atoms with E-state index < -0.39 is 0 Å². The molecule has 1 atom stereocenters. The topological polar surface area (TPSA) is 80.1 Å². The van der Waals surface area contributed by atoms with E-state index in [2.05, 4.69) is 10.3 Å². The third-order valence-electron chi connectivity index (χ3n) is 6.97. The minimum absolute atomic E-state index is 0.0143. The zero-order valence-corrected chi connectivity index (χ0v) is 21.0. The van der Waals surface area contributed by atoms with E-state index in [0.29, 0.717) is 36.6 Å². The molecule has 1 aliphatic rings. The van der Waals surface area contributed by atoms with Gasteiger partial charge in [-0.3, -0.25) is 14.2 Å². The number of aromatic nitrogens is 3. The Hall–Kier alpha value is -4.00. The van der Waals surface area contributed by atoms with E-state index >= 15 is 0 Å². The molecule has 0 aliphatic carbocycles. The van der Waals surface area contributed by atoms with Crippen LogP contribution in [0.3, 0.4) is 0 Å². The van der Waals surface area contributed by atoms with E-state index in [1.165, 1.54) is 5.56 Å². The van der Waals surface area contributed by atoms with Crippen LogP contribution in [-0.2, 0) is 11.3 Å². The van der Waals surface area contributed by atoms with Gasteiger partial charge in [0.05, 0.1) is 12.5 Å². The molecule has 3 heterocycles. The van der Waals surface area contributed by atoms with Crippen LogP contribution in [0.1, 0.15) is 35.1 Å². The maximum atomic E-state index is 13.7. The number of aryl methyl sites for hydroxylation is 3. The highest BCUT2D eigenvalue weighted by atomic mass is 16.2. The first-order chi connectivity index (χ1) is 17.4. The van der Waals surface area contributed by atoms with Crippen molar-refractivity contribution in [3.8, 4) is 0 Å². The average molecular weight is 482 g/mol. The Morgan fingerprint density at radius 1 is 1.03 bits per heavy atom. The van der Waals surface area contributed by atoms with Crippen molar-refractivity contribution < 1.29 is 4.79 Å². The second-order valence-corrected chi connectivity index (χ2v) is 9.70. The van der Waals surface area contributed by atoms with Gasteiger partial charge in [0.25, 0.3) is 5.56 Å². The summed E-state index contributed by atoms with van der Waals surface area (Å²) in [7, 11) is 0. The highest BCUT2D eigenvalue weighted by Gasteiger charge is 2.29. The third kappa shape index (κ3) is 4.73. The molecule has 4 aromatic rings. The Labute approximate surface area is 210 Å². The summed E-state index contributed by atoms with van der Waals surface area (Å²) < 4.78 is 1.70. The number of para-hydroxylation sites is 1. The van der Waals surface area contributed by atoms with Gasteiger partial charge >= 0.3 is 0 Å². The van der Waals surface area contributed by atoms with E-state index in [-0.39, 0.29) is 17.4 Å². The number of piperidine rings is 1. The van der Waals surface area contributed by atoms with Gasteiger partial charge < -0.3 is 10.2 Å². The molecule has 7 heteroatoms. The summed E-state index contributed by atoms with van der Waals surface area (Å²) >= 11 is 0. The number of benzene rings is 2. The van der Waals surface area contributed by atoms with Crippen LogP contribution in [0.2, 0.25) is 0 Å². The van der Waals surface area contributed by atoms with Gasteiger partial charge in [-0.05, 0) is 62.4 Å². The smallest absolute Gasteiger partial charge is 0.295 e. The number of carbonyl (C=O) groups excluding carboxylic acids is 1. The molecule has 0 unspecified atom stereocenters. The van der Waals surface area contributed by atoms with E-state index in [1.54, 1.807) is 10.8 Å². The molecule has 0 spiro atoms. The van der Waals surface area contributed by atoms with Gasteiger partial charge in [0.1, 0.15) is 5.52 Å². The van der Waals surface area contributed by atoms with Crippen LogP contribution in [0, 0.1) is 26.7 Å². The van der Waals surface area contributed by atoms with Crippen molar-refractivity contribution in [2.24, 2.45) is 5.92 Å². The maximum absolute atomic E-state index is 13.7. The molecule has 184 valence electrons. The first kappa shape index (κ1) is 23.7. The summed E-state index contributed by atoms with van der Waals surface area (Å²) in [6.07, 6.45) is 3.28. The van der Waals surface area contributed by atoms with Gasteiger partial charge in [-0.15, -0.1) is 0 Å². The number of anilines is 2. The van der Waals surface area contributed by atoms with Crippen molar-refractivity contribution in [1.29, 1.82) is 0 Å². The molecule has 5 rings (SSSR count). The van der Waals surface area contributed by atoms with Crippen molar-refractivity contribution in [1.82, 2.24) is 14.5 Å². The van der Waals surface area contributed by atoms with Crippen molar-refractivity contribution in [2.75, 3.05) is 23.3 Å². The van der Waals surface area contributed by atoms with E-state index in [9.17, 15) is 9.59 Å². The van der Waals surface area contributed by atoms with Gasteiger partial charge in [0, 0.05) is 25.0 Å². The molecule has 1 saturated heterocycles. The number of hydrogen-bond donors (Lipinski definition) is 1. The highest BCUT2D eigenvalue weighted by molar-refractivity contribution is 5.94. The number of amides is 1. The molecular formula is C29H31N5O2. The summed E-state index contributed by atoms with van der Waals surface area (Å²) in [6, 6.07) is 17.9. The fraction of sp³-hybridized carbons (Fsp3) is 0.310. The number of rotatable bonds is 5. The predicted octanol–water partition coefficient (Wildman–Crippen LogP) is 4.62. The SMILES string of the molecule is Cc1ccc(Cn2c(=O)c(N3CCC[C@H](C(=O)Nc4c(C)cccc4C)C3)nc3cccnc32)cc1. The van der Waals surface area contributed by atoms with Crippen molar-refractivity contribution in [3.05, 3.63) is 93.4 Å². The van der Waals surface area contributed by atoms with Crippen LogP contribution < -0.4 is 15.8 Å². The largest absolute Gasteiger partial charge is 0.351 e. The van der Waals surface area contributed by atoms with Crippen LogP contribution in [-0.4, -0.2) is 33.5 Å². The molecule has 2 aromatic heterocycles. The molecule has 0 saturated carbocycles. The molecule has 2 aromatic carbocycles. The van der Waals surface area contributed by atoms with E-state index in [4.69, 9.17) is 4.98 Å². The highest BCUT2D eigenvalue weighted by Crippen LogP contribution is 2.25. The normalized spacial score (nSPS) is 15.8. The molecule has 1 amide bonds. The molecular weight excluding hydrogens is 450 g/mol. The summed E-state index contributed by atoms with van der Waals surface area (Å²) in [5.41, 5.74) is 6.19. The van der Waals surface area contributed by atoms with Crippen LogP contribution in [0.4, 0.5) is 11.5 Å². The van der Waals surface area contributed by atoms with E-state index in [1.807, 2.05) is 80.3 Å². The minimum Gasteiger partial charge on any atom is -0.351 e. The number of nitrogens with one attached hydrogen (secondary N) is 1. The van der Waals surface area contributed by atoms with Crippen molar-refractivity contribution in [3.63, 3.8) is 0 Å². The first-order valence-corrected chi connectivity index (χ1v) is 12.4. The fourth-order valence-electron chi connectivity index (χ4n) is 4.91. The number of fused-ring (bicyclic) bond motifs is 1. The Morgan fingerprint density at radius 3 is 2.53 bits per heavy atom. The van der Waals surface area contributed by atoms with Gasteiger partial charge in [-0.2, -0.15) is 0 Å². The lowest BCUT2D eigenvalue weighted by Gasteiger charge is -2.33. The molecule has 0 bridgehead atoms. The molecule has 36 heavy (non-hydrogen) atoms. The van der Waals surface area contributed by atoms with Gasteiger partial charge in [-0.1, -0.05) is 48.0 Å². The monoisotopic (exact) mass is 481 g/mol. The second kappa shape index (κ2) is 9.93. The Morgan fingerprint density at radius 2 is 1.78 bits per heavy atom. The van der Waals surface area contributed by atoms with Crippen molar-refractivity contribution in [2.45, 2.75) is 40.2 Å². The Balaban J connectivity index is 1.45. The lowest BCUT2D eigenvalue weighted by atomic mass is 9.96. The quantitative estimate of drug-likeness (QED) is 0.450. The summed E-state index contributed by atoms with van der Waals surface area (Å²) in [4.78, 5) is 38.1. The molecule has 7 nitrogen and oxygen atoms in total. The maximum Gasteiger partial charge on any atom is 0.295 e. The van der Waals surface area contributed by atoms with Crippen LogP contribution >= 0.6 is 0 Å². The molecule has 0 radical (unpaired) electrons. The number of pyridine rings is 1. The van der Waals surface area contributed by atoms with Crippen molar-refractivity contribution >= 4 is 28.6 Å². The lowest BCUT2D eigenvalue weighted by Crippen LogP contribution is -2.44. The van der Waals surface area contributed by atoms with Gasteiger partial charge in [-0.25, -0.2) is 9.97 Å². The van der Waals surface area contributed by atoms with Gasteiger partial charge in [0.2, 0.25) is 5.91 Å². The van der Waals surface area contributed by atoms with Crippen LogP contribution in [0.5, 0.6) is 0 Å². The molecule has 1 aliphatic heterocycles. The summed E-state index contributed by atoms with van der Waals surface area (Å²) in [5, 5.41) is 3.13. The van der Waals surface area contributed by atoms with Crippen LogP contribution in [0.15, 0.2) is 65.6 Å². The first-order valence-electron chi connectivity index (χ1n) is 12.4. The predicted molar refractivity (Wildman–Crippen MR) is 144 cm³/mol. The molecule has 1 N–H and O–H groups in total. The van der Waals surface area contributed by atoms with Crippen LogP contribution in [0.25, 0.3) is 11.2 Å². The fourth-order valence-corrected chi connectivity index (χ4v) is 4.91. The standard InChI is InChI=1S/C29H31N5O2/c1-19-11-13-22(14-12-19)17-34-26-24(10-5-15-30-26)31-27(29(34)36)33-16-6-9-23(18-33)28(35)32-25-20(2)7-4-8-21(25)3/h4-5,7-8,10-15,23H,6,9,16-18H2,1-3H3,(H,32,35)/t23-/m0/s1. The number of nitrogens with zero attached hydrogens (tertiary/aromatic N) is 4. The molecule has 1 fully saturated rings. The number of hydrogen-bond acceptors (Lipinski definition) is 5. The lowest BCUT2D eigenvalue weighted by molar-refractivity contribution is -0.120. The third-order valence-corrected chi connectivity index (χ3v) is 6.97. The zero-order chi connectivity index (χ0) is 25.2. The van der Waals surface area contributed by atoms with E-state index in [0.717, 1.165) is 35.2 Å². The summed E-state index contributed by atoms with van der Waals surface area (Å²) in [5.74, 6) is 0.140. The number of carbonyl (C=O) groups is 1. The second-order valence-electron chi connectivity index (χ2n) is 9.70. The Kier molecular flexibility index (Phi) is 6.55. The van der Waals surface area contributed by atoms with Gasteiger partial charge in [0.15, 0.2) is 11.5 Å². The minimum atomic E-state index is -0.228.